The zero-order valence-corrected chi connectivity index (χ0v) is 17.0. The molecule has 4 heteroatoms. The average Bonchev–Trinajstić information content (AvgIpc) is 2.80. The van der Waals surface area contributed by atoms with Crippen molar-refractivity contribution in [2.24, 2.45) is 5.92 Å². The number of ketones is 1. The number of amides is 1. The molecule has 1 amide bonds. The van der Waals surface area contributed by atoms with Crippen LogP contribution in [0.25, 0.3) is 0 Å². The number of rotatable bonds is 6. The number of hydrogen-bond donors (Lipinski definition) is 1. The highest BCUT2D eigenvalue weighted by Gasteiger charge is 2.25. The van der Waals surface area contributed by atoms with Crippen molar-refractivity contribution in [3.05, 3.63) is 102 Å². The molecule has 0 spiro atoms. The fraction of sp³-hybridized carbons (Fsp3) is 0.231. The molecule has 0 unspecified atom stereocenters. The molecular weight excluding hydrogens is 372 g/mol. The molecule has 152 valence electrons. The molecule has 1 heterocycles. The first-order chi connectivity index (χ1) is 14.7. The predicted octanol–water partition coefficient (Wildman–Crippen LogP) is 5.03. The molecule has 1 aliphatic heterocycles. The normalized spacial score (nSPS) is 14.9. The molecule has 1 aliphatic rings. The summed E-state index contributed by atoms with van der Waals surface area (Å²) >= 11 is 0. The lowest BCUT2D eigenvalue weighted by atomic mass is 9.89. The largest absolute Gasteiger partial charge is 0.322 e. The molecule has 1 saturated heterocycles. The van der Waals surface area contributed by atoms with Gasteiger partial charge in [0.1, 0.15) is 0 Å². The number of para-hydroxylation sites is 1. The van der Waals surface area contributed by atoms with E-state index in [4.69, 9.17) is 0 Å². The second kappa shape index (κ2) is 9.51. The summed E-state index contributed by atoms with van der Waals surface area (Å²) in [5.41, 5.74) is 3.38. The molecule has 4 rings (SSSR count). The first kappa shape index (κ1) is 20.0. The van der Waals surface area contributed by atoms with Gasteiger partial charge in [0, 0.05) is 29.3 Å². The van der Waals surface area contributed by atoms with E-state index in [0.717, 1.165) is 49.3 Å². The van der Waals surface area contributed by atoms with Crippen molar-refractivity contribution < 1.29 is 9.59 Å². The van der Waals surface area contributed by atoms with Crippen LogP contribution >= 0.6 is 0 Å². The van der Waals surface area contributed by atoms with E-state index >= 15 is 0 Å². The molecule has 3 aromatic carbocycles. The molecule has 0 radical (unpaired) electrons. The first-order valence-electron chi connectivity index (χ1n) is 10.5. The van der Waals surface area contributed by atoms with Gasteiger partial charge in [0.2, 0.25) is 0 Å². The van der Waals surface area contributed by atoms with Crippen molar-refractivity contribution in [1.29, 1.82) is 0 Å². The smallest absolute Gasteiger partial charge is 0.255 e. The molecule has 0 aliphatic carbocycles. The lowest BCUT2D eigenvalue weighted by Gasteiger charge is -2.31. The van der Waals surface area contributed by atoms with Gasteiger partial charge in [0.25, 0.3) is 5.91 Å². The van der Waals surface area contributed by atoms with Crippen LogP contribution in [0.4, 0.5) is 5.69 Å². The average molecular weight is 399 g/mol. The summed E-state index contributed by atoms with van der Waals surface area (Å²) in [7, 11) is 0. The van der Waals surface area contributed by atoms with Crippen molar-refractivity contribution in [2.75, 3.05) is 18.4 Å². The number of likely N-dealkylation sites (tertiary alicyclic amines) is 1. The van der Waals surface area contributed by atoms with Crippen molar-refractivity contribution >= 4 is 17.4 Å². The minimum atomic E-state index is -0.102. The Labute approximate surface area is 177 Å². The summed E-state index contributed by atoms with van der Waals surface area (Å²) in [6.45, 7) is 2.58. The molecule has 0 atom stereocenters. The molecule has 0 aromatic heterocycles. The molecule has 4 nitrogen and oxygen atoms in total. The van der Waals surface area contributed by atoms with E-state index in [1.54, 1.807) is 0 Å². The van der Waals surface area contributed by atoms with E-state index in [9.17, 15) is 9.59 Å². The Hall–Kier alpha value is -3.24. The third kappa shape index (κ3) is 5.02. The highest BCUT2D eigenvalue weighted by Crippen LogP contribution is 2.23. The zero-order valence-electron chi connectivity index (χ0n) is 17.0. The van der Waals surface area contributed by atoms with Gasteiger partial charge in [-0.1, -0.05) is 60.7 Å². The fourth-order valence-corrected chi connectivity index (χ4v) is 3.99. The van der Waals surface area contributed by atoms with Gasteiger partial charge in [0.15, 0.2) is 5.78 Å². The lowest BCUT2D eigenvalue weighted by molar-refractivity contribution is 0.0834. The molecule has 3 aromatic rings. The quantitative estimate of drug-likeness (QED) is 0.592. The Balaban J connectivity index is 1.33. The Bertz CT molecular complexity index is 994. The van der Waals surface area contributed by atoms with Gasteiger partial charge in [-0.2, -0.15) is 0 Å². The zero-order chi connectivity index (χ0) is 20.8. The molecular formula is C26H26N2O2. The Morgan fingerprint density at radius 3 is 2.13 bits per heavy atom. The third-order valence-corrected chi connectivity index (χ3v) is 5.64. The summed E-state index contributed by atoms with van der Waals surface area (Å²) in [4.78, 5) is 27.6. The highest BCUT2D eigenvalue weighted by atomic mass is 16.1. The standard InChI is InChI=1S/C26H26N2O2/c29-25(21-9-3-1-4-10-21)22-14-16-28(17-15-22)19-20-8-7-11-23(18-20)26(30)27-24-12-5-2-6-13-24/h1-13,18,22H,14-17,19H2,(H,27,30). The van der Waals surface area contributed by atoms with Crippen LogP contribution in [-0.2, 0) is 6.54 Å². The number of carbonyl (C=O) groups is 2. The van der Waals surface area contributed by atoms with E-state index in [0.29, 0.717) is 5.56 Å². The number of nitrogens with zero attached hydrogens (tertiary/aromatic N) is 1. The Morgan fingerprint density at radius 2 is 1.43 bits per heavy atom. The summed E-state index contributed by atoms with van der Waals surface area (Å²) < 4.78 is 0. The van der Waals surface area contributed by atoms with E-state index < -0.39 is 0 Å². The van der Waals surface area contributed by atoms with Crippen LogP contribution in [0.2, 0.25) is 0 Å². The number of Topliss-reactive ketones (excluding diaryl/α,β-unsaturated/α-hetero) is 1. The van der Waals surface area contributed by atoms with Crippen molar-refractivity contribution in [1.82, 2.24) is 4.90 Å². The molecule has 0 bridgehead atoms. The van der Waals surface area contributed by atoms with Crippen molar-refractivity contribution in [3.63, 3.8) is 0 Å². The van der Waals surface area contributed by atoms with Gasteiger partial charge in [-0.15, -0.1) is 0 Å². The van der Waals surface area contributed by atoms with Gasteiger partial charge < -0.3 is 5.32 Å². The van der Waals surface area contributed by atoms with E-state index in [2.05, 4.69) is 16.3 Å². The molecule has 1 N–H and O–H groups in total. The summed E-state index contributed by atoms with van der Waals surface area (Å²) in [6, 6.07) is 26.9. The van der Waals surface area contributed by atoms with Crippen LogP contribution < -0.4 is 5.32 Å². The van der Waals surface area contributed by atoms with Gasteiger partial charge in [-0.3, -0.25) is 14.5 Å². The second-order valence-corrected chi connectivity index (χ2v) is 7.80. The van der Waals surface area contributed by atoms with Crippen LogP contribution in [0.15, 0.2) is 84.9 Å². The maximum Gasteiger partial charge on any atom is 0.255 e. The number of piperidine rings is 1. The van der Waals surface area contributed by atoms with Gasteiger partial charge in [-0.05, 0) is 55.8 Å². The van der Waals surface area contributed by atoms with Crippen molar-refractivity contribution in [3.8, 4) is 0 Å². The first-order valence-corrected chi connectivity index (χ1v) is 10.5. The maximum absolute atomic E-state index is 12.7. The number of benzene rings is 3. The van der Waals surface area contributed by atoms with Crippen LogP contribution in [-0.4, -0.2) is 29.7 Å². The fourth-order valence-electron chi connectivity index (χ4n) is 3.99. The SMILES string of the molecule is O=C(Nc1ccccc1)c1cccc(CN2CCC(C(=O)c3ccccc3)CC2)c1. The van der Waals surface area contributed by atoms with E-state index in [-0.39, 0.29) is 17.6 Å². The van der Waals surface area contributed by atoms with E-state index in [1.807, 2.05) is 78.9 Å². The number of hydrogen-bond acceptors (Lipinski definition) is 3. The molecule has 1 fully saturated rings. The Kier molecular flexibility index (Phi) is 6.35. The molecule has 30 heavy (non-hydrogen) atoms. The van der Waals surface area contributed by atoms with Gasteiger partial charge in [-0.25, -0.2) is 0 Å². The predicted molar refractivity (Wildman–Crippen MR) is 120 cm³/mol. The van der Waals surface area contributed by atoms with Crippen LogP contribution in [0.3, 0.4) is 0 Å². The second-order valence-electron chi connectivity index (χ2n) is 7.80. The minimum absolute atomic E-state index is 0.102. The van der Waals surface area contributed by atoms with Crippen LogP contribution in [0, 0.1) is 5.92 Å². The van der Waals surface area contributed by atoms with Crippen LogP contribution in [0.5, 0.6) is 0 Å². The monoisotopic (exact) mass is 398 g/mol. The van der Waals surface area contributed by atoms with Gasteiger partial charge >= 0.3 is 0 Å². The maximum atomic E-state index is 12.7. The third-order valence-electron chi connectivity index (χ3n) is 5.64. The topological polar surface area (TPSA) is 49.4 Å². The highest BCUT2D eigenvalue weighted by molar-refractivity contribution is 6.04. The number of nitrogens with one attached hydrogen (secondary N) is 1. The summed E-state index contributed by atoms with van der Waals surface area (Å²) in [6.07, 6.45) is 1.75. The lowest BCUT2D eigenvalue weighted by Crippen LogP contribution is -2.36. The Morgan fingerprint density at radius 1 is 0.800 bits per heavy atom. The van der Waals surface area contributed by atoms with Crippen LogP contribution in [0.1, 0.15) is 39.1 Å². The van der Waals surface area contributed by atoms with E-state index in [1.165, 1.54) is 0 Å². The summed E-state index contributed by atoms with van der Waals surface area (Å²) in [5, 5.41) is 2.93. The molecule has 0 saturated carbocycles. The minimum Gasteiger partial charge on any atom is -0.322 e. The van der Waals surface area contributed by atoms with Crippen molar-refractivity contribution in [2.45, 2.75) is 19.4 Å². The summed E-state index contributed by atoms with van der Waals surface area (Å²) in [5.74, 6) is 0.261. The van der Waals surface area contributed by atoms with Gasteiger partial charge in [0.05, 0.1) is 0 Å². The number of anilines is 1. The number of carbonyl (C=O) groups excluding carboxylic acids is 2.